The van der Waals surface area contributed by atoms with Gasteiger partial charge in [-0.2, -0.15) is 13.2 Å². The third kappa shape index (κ3) is 15.3. The molecular weight excluding hydrogens is 586 g/mol. The predicted molar refractivity (Wildman–Crippen MR) is 176 cm³/mol. The summed E-state index contributed by atoms with van der Waals surface area (Å²) in [5.74, 6) is -2.41. The summed E-state index contributed by atoms with van der Waals surface area (Å²) in [6, 6.07) is 5.22. The van der Waals surface area contributed by atoms with E-state index in [4.69, 9.17) is 0 Å². The molecule has 0 saturated carbocycles. The number of aryl methyl sites for hydroxylation is 1. The van der Waals surface area contributed by atoms with Gasteiger partial charge in [-0.15, -0.1) is 6.26 Å². The number of alkyl halides is 3. The van der Waals surface area contributed by atoms with Gasteiger partial charge in [0.25, 0.3) is 5.91 Å². The smallest absolute Gasteiger partial charge is 0.876 e. The number of carbonyl (C=O) groups is 1. The number of benzene rings is 1. The molecule has 5 nitrogen and oxygen atoms in total. The number of amidine groups is 1. The second-order valence-electron chi connectivity index (χ2n) is 12.4. The van der Waals surface area contributed by atoms with Crippen molar-refractivity contribution in [3.8, 4) is 0 Å². The van der Waals surface area contributed by atoms with Gasteiger partial charge in [0.2, 0.25) is 5.84 Å². The van der Waals surface area contributed by atoms with Crippen molar-refractivity contribution in [2.24, 2.45) is 4.99 Å². The minimum atomic E-state index is -4.86. The van der Waals surface area contributed by atoms with E-state index in [0.29, 0.717) is 10.5 Å². The number of rotatable bonds is 24. The fraction of sp³-hybridized carbons (Fsp3) is 0.722. The van der Waals surface area contributed by atoms with Crippen LogP contribution >= 0.6 is 0 Å². The zero-order valence-electron chi connectivity index (χ0n) is 28.7. The van der Waals surface area contributed by atoms with Crippen molar-refractivity contribution in [1.29, 1.82) is 0 Å². The Morgan fingerprint density at radius 1 is 0.756 bits per heavy atom. The molecule has 0 saturated heterocycles. The van der Waals surface area contributed by atoms with Gasteiger partial charge in [0, 0.05) is 18.8 Å². The maximum absolute atomic E-state index is 13.7. The fourth-order valence-electron chi connectivity index (χ4n) is 5.95. The third-order valence-electron chi connectivity index (χ3n) is 8.58. The normalized spacial score (nSPS) is 14.3. The summed E-state index contributed by atoms with van der Waals surface area (Å²) in [6.07, 6.45) is 20.5. The van der Waals surface area contributed by atoms with Crippen molar-refractivity contribution in [1.82, 2.24) is 0 Å². The first-order chi connectivity index (χ1) is 21.2. The predicted octanol–water partition coefficient (Wildman–Crippen LogP) is 7.16. The van der Waals surface area contributed by atoms with Crippen molar-refractivity contribution in [3.05, 3.63) is 35.7 Å². The molecule has 45 heavy (non-hydrogen) atoms. The molecule has 0 aliphatic carbocycles. The van der Waals surface area contributed by atoms with Gasteiger partial charge in [0.15, 0.2) is 0 Å². The number of hydrogen-bond donors (Lipinski definition) is 0. The van der Waals surface area contributed by atoms with Crippen LogP contribution in [0.15, 0.2) is 35.2 Å². The van der Waals surface area contributed by atoms with Crippen molar-refractivity contribution in [2.45, 2.75) is 155 Å². The second kappa shape index (κ2) is 23.8. The van der Waals surface area contributed by atoms with Crippen LogP contribution in [0.25, 0.3) is 0 Å². The van der Waals surface area contributed by atoms with E-state index in [1.165, 1.54) is 116 Å². The Kier molecular flexibility index (Phi) is 21.9. The molecule has 0 aromatic heterocycles. The first kappa shape index (κ1) is 41.5. The molecule has 250 valence electrons. The molecule has 1 aliphatic rings. The Morgan fingerprint density at radius 3 is 1.56 bits per heavy atom. The fourth-order valence-corrected chi connectivity index (χ4v) is 5.95. The molecule has 1 aromatic carbocycles. The van der Waals surface area contributed by atoms with Crippen LogP contribution < -0.4 is 44.5 Å². The standard InChI is InChI=1S/C36H58F3N3O2.Na/c1-4-6-8-10-12-14-16-18-20-22-26-41(27-23-21-19-17-15-13-11-9-7-5-2)31-24-25-33(30(3)28-31)42-34(44)32(29-43)40-35(42)36(37,38)39;/h24-25,28-29,43H,4-23,26-27H2,1-3H3;/q;+1/p-1/b32-29+;. The van der Waals surface area contributed by atoms with Crippen molar-refractivity contribution in [2.75, 3.05) is 22.9 Å². The van der Waals surface area contributed by atoms with E-state index >= 15 is 0 Å². The zero-order chi connectivity index (χ0) is 32.2. The van der Waals surface area contributed by atoms with Crippen LogP contribution in [0.2, 0.25) is 0 Å². The number of hydrogen-bond acceptors (Lipinski definition) is 4. The van der Waals surface area contributed by atoms with Gasteiger partial charge in [-0.3, -0.25) is 9.69 Å². The number of nitrogens with zero attached hydrogens (tertiary/aromatic N) is 3. The molecule has 9 heteroatoms. The first-order valence-corrected chi connectivity index (χ1v) is 17.4. The molecule has 1 aliphatic heterocycles. The summed E-state index contributed by atoms with van der Waals surface area (Å²) < 4.78 is 41.1. The Labute approximate surface area is 293 Å². The maximum atomic E-state index is 13.7. The van der Waals surface area contributed by atoms with E-state index in [1.54, 1.807) is 19.1 Å². The summed E-state index contributed by atoms with van der Waals surface area (Å²) in [6.45, 7) is 7.98. The Hall–Kier alpha value is -1.51. The van der Waals surface area contributed by atoms with Crippen molar-refractivity contribution >= 4 is 23.1 Å². The Morgan fingerprint density at radius 2 is 1.18 bits per heavy atom. The molecule has 2 rings (SSSR count). The average molecular weight is 644 g/mol. The molecule has 0 spiro atoms. The summed E-state index contributed by atoms with van der Waals surface area (Å²) in [5, 5.41) is 11.2. The van der Waals surface area contributed by atoms with Gasteiger partial charge in [-0.25, -0.2) is 4.99 Å². The van der Waals surface area contributed by atoms with Crippen molar-refractivity contribution < 1.29 is 52.6 Å². The van der Waals surface area contributed by atoms with E-state index in [2.05, 4.69) is 23.7 Å². The average Bonchev–Trinajstić information content (AvgIpc) is 3.34. The molecule has 0 bridgehead atoms. The summed E-state index contributed by atoms with van der Waals surface area (Å²) in [5.41, 5.74) is 0.861. The molecule has 0 atom stereocenters. The van der Waals surface area contributed by atoms with Gasteiger partial charge in [-0.1, -0.05) is 129 Å². The number of anilines is 2. The van der Waals surface area contributed by atoms with E-state index < -0.39 is 23.6 Å². The minimum absolute atomic E-state index is 0. The van der Waals surface area contributed by atoms with E-state index in [0.717, 1.165) is 31.6 Å². The van der Waals surface area contributed by atoms with Crippen LogP contribution in [0.5, 0.6) is 0 Å². The summed E-state index contributed by atoms with van der Waals surface area (Å²) in [4.78, 5) is 18.8. The van der Waals surface area contributed by atoms with E-state index in [9.17, 15) is 23.1 Å². The maximum Gasteiger partial charge on any atom is 1.00 e. The SMILES string of the molecule is CCCCCCCCCCCCN(CCCCCCCCCCCC)c1ccc(N2C(=O)/C(=C\[O-])N=C2C(F)(F)F)c(C)c1.[Na+]. The van der Waals surface area contributed by atoms with Crippen LogP contribution in [0.1, 0.15) is 148 Å². The van der Waals surface area contributed by atoms with E-state index in [1.807, 2.05) is 6.07 Å². The quantitative estimate of drug-likeness (QED) is 0.0520. The molecule has 0 radical (unpaired) electrons. The Balaban J connectivity index is 0.0000101. The summed E-state index contributed by atoms with van der Waals surface area (Å²) >= 11 is 0. The number of unbranched alkanes of at least 4 members (excludes halogenated alkanes) is 18. The van der Waals surface area contributed by atoms with Gasteiger partial charge in [0.05, 0.1) is 5.69 Å². The molecule has 1 heterocycles. The zero-order valence-corrected chi connectivity index (χ0v) is 30.7. The minimum Gasteiger partial charge on any atom is -0.876 e. The first-order valence-electron chi connectivity index (χ1n) is 17.4. The molecular formula is C36H57F3N3NaO2. The van der Waals surface area contributed by atoms with Crippen LogP contribution in [-0.2, 0) is 4.79 Å². The third-order valence-corrected chi connectivity index (χ3v) is 8.58. The molecule has 0 N–H and O–H groups in total. The number of aliphatic imine (C=N–C) groups is 1. The molecule has 1 aromatic rings. The number of carbonyl (C=O) groups excluding carboxylic acids is 1. The van der Waals surface area contributed by atoms with Crippen LogP contribution in [0.4, 0.5) is 24.5 Å². The second-order valence-corrected chi connectivity index (χ2v) is 12.4. The van der Waals surface area contributed by atoms with E-state index in [-0.39, 0.29) is 41.5 Å². The topological polar surface area (TPSA) is 59.0 Å². The molecule has 1 amide bonds. The van der Waals surface area contributed by atoms with Gasteiger partial charge >= 0.3 is 35.7 Å². The number of amides is 1. The summed E-state index contributed by atoms with van der Waals surface area (Å²) in [7, 11) is 0. The number of halogens is 3. The van der Waals surface area contributed by atoms with Gasteiger partial charge in [-0.05, 0) is 43.5 Å². The monoisotopic (exact) mass is 643 g/mol. The largest absolute Gasteiger partial charge is 1.00 e. The van der Waals surface area contributed by atoms with Crippen LogP contribution in [0, 0.1) is 6.92 Å². The van der Waals surface area contributed by atoms with Gasteiger partial charge < -0.3 is 10.0 Å². The molecule has 0 unspecified atom stereocenters. The molecule has 0 fully saturated rings. The van der Waals surface area contributed by atoms with Crippen molar-refractivity contribution in [3.63, 3.8) is 0 Å². The van der Waals surface area contributed by atoms with Crippen LogP contribution in [-0.4, -0.2) is 31.0 Å². The Bertz CT molecular complexity index is 1010. The van der Waals surface area contributed by atoms with Crippen LogP contribution in [0.3, 0.4) is 0 Å². The van der Waals surface area contributed by atoms with Gasteiger partial charge in [0.1, 0.15) is 5.70 Å².